The van der Waals surface area contributed by atoms with Gasteiger partial charge in [-0.3, -0.25) is 14.9 Å². The molecule has 0 bridgehead atoms. The van der Waals surface area contributed by atoms with E-state index in [0.717, 1.165) is 16.7 Å². The van der Waals surface area contributed by atoms with Crippen LogP contribution in [0.5, 0.6) is 0 Å². The average molecular weight is 382 g/mol. The Morgan fingerprint density at radius 3 is 2.64 bits per heavy atom. The van der Waals surface area contributed by atoms with Crippen molar-refractivity contribution >= 4 is 23.7 Å². The van der Waals surface area contributed by atoms with Gasteiger partial charge in [-0.05, 0) is 35.2 Å². The summed E-state index contributed by atoms with van der Waals surface area (Å²) >= 11 is 0. The van der Waals surface area contributed by atoms with E-state index in [0.29, 0.717) is 18.7 Å². The molecule has 0 saturated carbocycles. The van der Waals surface area contributed by atoms with E-state index in [4.69, 9.17) is 9.84 Å². The smallest absolute Gasteiger partial charge is 0.411 e. The number of aliphatic carboxylic acids is 1. The molecule has 2 N–H and O–H groups in total. The van der Waals surface area contributed by atoms with Gasteiger partial charge in [0.25, 0.3) is 0 Å². The topological polar surface area (TPSA) is 95.9 Å². The molecule has 0 saturated heterocycles. The van der Waals surface area contributed by atoms with Gasteiger partial charge in [0.15, 0.2) is 0 Å². The number of rotatable bonds is 5. The fourth-order valence-electron chi connectivity index (χ4n) is 3.30. The molecule has 1 unspecified atom stereocenters. The van der Waals surface area contributed by atoms with Crippen LogP contribution in [0.4, 0.5) is 10.5 Å². The van der Waals surface area contributed by atoms with Crippen LogP contribution in [0.3, 0.4) is 0 Å². The van der Waals surface area contributed by atoms with Crippen LogP contribution in [0.15, 0.2) is 48.5 Å². The maximum Gasteiger partial charge on any atom is 0.411 e. The summed E-state index contributed by atoms with van der Waals surface area (Å²) in [6.07, 6.45) is -0.400. The highest BCUT2D eigenvalue weighted by atomic mass is 16.5. The molecule has 7 nitrogen and oxygen atoms in total. The van der Waals surface area contributed by atoms with Crippen molar-refractivity contribution in [2.75, 3.05) is 12.4 Å². The van der Waals surface area contributed by atoms with Crippen LogP contribution in [0, 0.1) is 5.92 Å². The van der Waals surface area contributed by atoms with Gasteiger partial charge in [-0.25, -0.2) is 4.79 Å². The molecular formula is C21H22N2O5. The van der Waals surface area contributed by atoms with Crippen LogP contribution in [-0.2, 0) is 33.9 Å². The number of fused-ring (bicyclic) bond motifs is 1. The highest BCUT2D eigenvalue weighted by molar-refractivity contribution is 5.86. The number of hydrogen-bond acceptors (Lipinski definition) is 4. The van der Waals surface area contributed by atoms with E-state index >= 15 is 0 Å². The molecule has 1 heterocycles. The van der Waals surface area contributed by atoms with E-state index in [9.17, 15) is 14.4 Å². The molecule has 2 amide bonds. The van der Waals surface area contributed by atoms with Gasteiger partial charge >= 0.3 is 12.1 Å². The second kappa shape index (κ2) is 8.56. The quantitative estimate of drug-likeness (QED) is 0.829. The fourth-order valence-corrected chi connectivity index (χ4v) is 3.30. The van der Waals surface area contributed by atoms with E-state index in [2.05, 4.69) is 5.32 Å². The Labute approximate surface area is 162 Å². The molecule has 3 rings (SSSR count). The van der Waals surface area contributed by atoms with Crippen LogP contribution in [0.1, 0.15) is 23.1 Å². The largest absolute Gasteiger partial charge is 0.481 e. The summed E-state index contributed by atoms with van der Waals surface area (Å²) in [5.74, 6) is -1.76. The van der Waals surface area contributed by atoms with Crippen molar-refractivity contribution in [2.45, 2.75) is 26.0 Å². The summed E-state index contributed by atoms with van der Waals surface area (Å²) in [6.45, 7) is 0.532. The predicted octanol–water partition coefficient (Wildman–Crippen LogP) is 3.04. The Morgan fingerprint density at radius 1 is 1.18 bits per heavy atom. The molecule has 0 aliphatic carbocycles. The molecule has 1 atom stereocenters. The van der Waals surface area contributed by atoms with Crippen LogP contribution >= 0.6 is 0 Å². The van der Waals surface area contributed by atoms with Crippen LogP contribution in [0.25, 0.3) is 0 Å². The van der Waals surface area contributed by atoms with Crippen molar-refractivity contribution in [3.05, 3.63) is 65.2 Å². The monoisotopic (exact) mass is 382 g/mol. The number of benzene rings is 2. The highest BCUT2D eigenvalue weighted by Gasteiger charge is 2.29. The molecule has 2 aromatic rings. The second-order valence-electron chi connectivity index (χ2n) is 6.86. The van der Waals surface area contributed by atoms with E-state index in [-0.39, 0.29) is 18.9 Å². The average Bonchev–Trinajstić information content (AvgIpc) is 2.77. The Bertz CT molecular complexity index is 882. The van der Waals surface area contributed by atoms with Crippen molar-refractivity contribution < 1.29 is 24.2 Å². The molecule has 1 aliphatic rings. The molecule has 0 fully saturated rings. The lowest BCUT2D eigenvalue weighted by atomic mass is 9.94. The molecule has 2 aromatic carbocycles. The zero-order valence-corrected chi connectivity index (χ0v) is 15.6. The summed E-state index contributed by atoms with van der Waals surface area (Å²) in [6, 6.07) is 14.7. The first-order valence-corrected chi connectivity index (χ1v) is 8.98. The van der Waals surface area contributed by atoms with Crippen molar-refractivity contribution in [3.63, 3.8) is 0 Å². The summed E-state index contributed by atoms with van der Waals surface area (Å²) in [5.41, 5.74) is 3.25. The Hall–Kier alpha value is -3.35. The minimum atomic E-state index is -0.991. The standard InChI is InChI=1S/C21H22N2O5/c1-23-12-17-10-18(22-21(27)28-13-14-5-3-2-4-6-14)8-7-15(17)9-16(20(23)26)11-19(24)25/h2-8,10,16H,9,11-13H2,1H3,(H,22,27)(H,24,25). The number of nitrogens with zero attached hydrogens (tertiary/aromatic N) is 1. The van der Waals surface area contributed by atoms with Gasteiger partial charge in [0, 0.05) is 19.3 Å². The number of carboxylic acid groups (broad SMARTS) is 1. The first-order valence-electron chi connectivity index (χ1n) is 8.98. The molecule has 28 heavy (non-hydrogen) atoms. The van der Waals surface area contributed by atoms with Crippen LogP contribution in [-0.4, -0.2) is 35.0 Å². The molecular weight excluding hydrogens is 360 g/mol. The van der Waals surface area contributed by atoms with Gasteiger partial charge in [-0.15, -0.1) is 0 Å². The minimum absolute atomic E-state index is 0.172. The van der Waals surface area contributed by atoms with Gasteiger partial charge in [0.2, 0.25) is 5.91 Å². The third kappa shape index (κ3) is 4.88. The first kappa shape index (κ1) is 19.4. The van der Waals surface area contributed by atoms with Crippen molar-refractivity contribution in [2.24, 2.45) is 5.92 Å². The number of ether oxygens (including phenoxy) is 1. The summed E-state index contributed by atoms with van der Waals surface area (Å²) in [4.78, 5) is 37.0. The number of anilines is 1. The first-order chi connectivity index (χ1) is 13.4. The number of amides is 2. The van der Waals surface area contributed by atoms with Crippen molar-refractivity contribution in [3.8, 4) is 0 Å². The van der Waals surface area contributed by atoms with Gasteiger partial charge < -0.3 is 14.7 Å². The van der Waals surface area contributed by atoms with Gasteiger partial charge in [-0.2, -0.15) is 0 Å². The number of carbonyl (C=O) groups excluding carboxylic acids is 2. The third-order valence-electron chi connectivity index (χ3n) is 4.69. The summed E-state index contributed by atoms with van der Waals surface area (Å²) in [7, 11) is 1.65. The molecule has 0 radical (unpaired) electrons. The van der Waals surface area contributed by atoms with Gasteiger partial charge in [-0.1, -0.05) is 36.4 Å². The van der Waals surface area contributed by atoms with E-state index < -0.39 is 18.0 Å². The molecule has 146 valence electrons. The number of carboxylic acids is 1. The lowest BCUT2D eigenvalue weighted by Crippen LogP contribution is -2.32. The van der Waals surface area contributed by atoms with Crippen LogP contribution < -0.4 is 5.32 Å². The molecule has 0 aromatic heterocycles. The second-order valence-corrected chi connectivity index (χ2v) is 6.86. The van der Waals surface area contributed by atoms with E-state index in [1.165, 1.54) is 4.90 Å². The Kier molecular flexibility index (Phi) is 5.93. The Balaban J connectivity index is 1.67. The number of hydrogen-bond donors (Lipinski definition) is 2. The highest BCUT2D eigenvalue weighted by Crippen LogP contribution is 2.26. The van der Waals surface area contributed by atoms with Crippen molar-refractivity contribution in [1.29, 1.82) is 0 Å². The lowest BCUT2D eigenvalue weighted by molar-refractivity contribution is -0.143. The lowest BCUT2D eigenvalue weighted by Gasteiger charge is -2.18. The van der Waals surface area contributed by atoms with E-state index in [1.807, 2.05) is 36.4 Å². The molecule has 7 heteroatoms. The number of carbonyl (C=O) groups is 3. The fraction of sp³-hybridized carbons (Fsp3) is 0.286. The zero-order chi connectivity index (χ0) is 20.1. The van der Waals surface area contributed by atoms with Crippen molar-refractivity contribution in [1.82, 2.24) is 4.90 Å². The molecule has 1 aliphatic heterocycles. The van der Waals surface area contributed by atoms with Gasteiger partial charge in [0.1, 0.15) is 6.61 Å². The van der Waals surface area contributed by atoms with Gasteiger partial charge in [0.05, 0.1) is 12.3 Å². The maximum atomic E-state index is 12.4. The minimum Gasteiger partial charge on any atom is -0.481 e. The maximum absolute atomic E-state index is 12.4. The molecule has 0 spiro atoms. The summed E-state index contributed by atoms with van der Waals surface area (Å²) < 4.78 is 5.22. The van der Waals surface area contributed by atoms with Crippen LogP contribution in [0.2, 0.25) is 0 Å². The third-order valence-corrected chi connectivity index (χ3v) is 4.69. The SMILES string of the molecule is CN1Cc2cc(NC(=O)OCc3ccccc3)ccc2CC(CC(=O)O)C1=O. The Morgan fingerprint density at radius 2 is 1.93 bits per heavy atom. The zero-order valence-electron chi connectivity index (χ0n) is 15.6. The van der Waals surface area contributed by atoms with E-state index in [1.54, 1.807) is 19.2 Å². The predicted molar refractivity (Wildman–Crippen MR) is 103 cm³/mol. The normalized spacial score (nSPS) is 16.1. The number of nitrogens with one attached hydrogen (secondary N) is 1. The summed E-state index contributed by atoms with van der Waals surface area (Å²) in [5, 5.41) is 11.7.